The number of nitrogens with zero attached hydrogens (tertiary/aromatic N) is 3. The summed E-state index contributed by atoms with van der Waals surface area (Å²) in [6.07, 6.45) is 1.14. The fourth-order valence-electron chi connectivity index (χ4n) is 4.79. The molecule has 1 aromatic carbocycles. The van der Waals surface area contributed by atoms with Gasteiger partial charge in [0.15, 0.2) is 0 Å². The van der Waals surface area contributed by atoms with Crippen LogP contribution < -0.4 is 10.3 Å². The molecule has 160 valence electrons. The number of pyridine rings is 1. The lowest BCUT2D eigenvalue weighted by molar-refractivity contribution is 0.0588. The summed E-state index contributed by atoms with van der Waals surface area (Å²) >= 11 is 0. The van der Waals surface area contributed by atoms with Crippen LogP contribution >= 0.6 is 0 Å². The molecule has 4 heterocycles. The average Bonchev–Trinajstić information content (AvgIpc) is 3.24. The fraction of sp³-hybridized carbons (Fsp3) is 0.375. The Morgan fingerprint density at radius 2 is 1.94 bits per heavy atom. The number of ether oxygens (including phenoxy) is 1. The third-order valence-electron chi connectivity index (χ3n) is 6.10. The first-order chi connectivity index (χ1) is 15.0. The summed E-state index contributed by atoms with van der Waals surface area (Å²) < 4.78 is 7.56. The van der Waals surface area contributed by atoms with Crippen LogP contribution in [0.15, 0.2) is 53.3 Å². The smallest absolute Gasteiger partial charge is 0.271 e. The molecule has 31 heavy (non-hydrogen) atoms. The highest BCUT2D eigenvalue weighted by Crippen LogP contribution is 2.35. The number of amides is 1. The van der Waals surface area contributed by atoms with Gasteiger partial charge in [0.2, 0.25) is 0 Å². The minimum atomic E-state index is -0.0417. The van der Waals surface area contributed by atoms with E-state index in [-0.39, 0.29) is 23.5 Å². The van der Waals surface area contributed by atoms with Gasteiger partial charge in [0.25, 0.3) is 11.5 Å². The van der Waals surface area contributed by atoms with E-state index in [1.54, 1.807) is 6.07 Å². The van der Waals surface area contributed by atoms with E-state index in [1.807, 2.05) is 65.8 Å². The summed E-state index contributed by atoms with van der Waals surface area (Å²) in [5.41, 5.74) is 3.23. The zero-order valence-electron chi connectivity index (χ0n) is 17.7. The van der Waals surface area contributed by atoms with E-state index < -0.39 is 0 Å². The number of hydrogen-bond acceptors (Lipinski definition) is 4. The van der Waals surface area contributed by atoms with Crippen LogP contribution in [0, 0.1) is 5.92 Å². The summed E-state index contributed by atoms with van der Waals surface area (Å²) in [5, 5.41) is 7.27. The van der Waals surface area contributed by atoms with Gasteiger partial charge >= 0.3 is 0 Å². The van der Waals surface area contributed by atoms with Crippen LogP contribution in [0.2, 0.25) is 0 Å². The van der Waals surface area contributed by atoms with Crippen LogP contribution in [0.1, 0.15) is 42.4 Å². The van der Waals surface area contributed by atoms with Crippen molar-refractivity contribution < 1.29 is 9.53 Å². The van der Waals surface area contributed by atoms with Gasteiger partial charge in [-0.2, -0.15) is 5.10 Å². The van der Waals surface area contributed by atoms with Gasteiger partial charge in [-0.3, -0.25) is 14.7 Å². The maximum atomic E-state index is 13.2. The largest absolute Gasteiger partial charge is 0.491 e. The van der Waals surface area contributed by atoms with Crippen LogP contribution in [-0.2, 0) is 6.54 Å². The SMILES string of the molecule is CC(C)Oc1ccc(-c2cc(C(=O)N3C[C@H]4C[C@@H](C3)c3cccc(=O)n3C4)[nH]n2)cc1. The number of aromatic nitrogens is 3. The number of H-pyrrole nitrogens is 1. The molecule has 2 bridgehead atoms. The average molecular weight is 418 g/mol. The second-order valence-corrected chi connectivity index (χ2v) is 8.77. The number of benzene rings is 1. The second kappa shape index (κ2) is 7.72. The molecule has 2 aromatic heterocycles. The first kappa shape index (κ1) is 19.6. The fourth-order valence-corrected chi connectivity index (χ4v) is 4.79. The highest BCUT2D eigenvalue weighted by Gasteiger charge is 2.36. The number of carbonyl (C=O) groups excluding carboxylic acids is 1. The number of likely N-dealkylation sites (tertiary alicyclic amines) is 1. The van der Waals surface area contributed by atoms with E-state index in [9.17, 15) is 9.59 Å². The molecule has 1 saturated heterocycles. The summed E-state index contributed by atoms with van der Waals surface area (Å²) in [4.78, 5) is 27.3. The molecular weight excluding hydrogens is 392 g/mol. The first-order valence-electron chi connectivity index (χ1n) is 10.8. The molecule has 2 atom stereocenters. The topological polar surface area (TPSA) is 80.2 Å². The van der Waals surface area contributed by atoms with Gasteiger partial charge in [0, 0.05) is 42.9 Å². The predicted octanol–water partition coefficient (Wildman–Crippen LogP) is 3.29. The van der Waals surface area contributed by atoms with Gasteiger partial charge in [-0.1, -0.05) is 6.07 Å². The molecule has 0 saturated carbocycles. The number of fused-ring (bicyclic) bond motifs is 4. The highest BCUT2D eigenvalue weighted by atomic mass is 16.5. The summed E-state index contributed by atoms with van der Waals surface area (Å²) in [6.45, 7) is 5.94. The molecule has 7 heteroatoms. The monoisotopic (exact) mass is 418 g/mol. The van der Waals surface area contributed by atoms with E-state index in [0.717, 1.165) is 29.1 Å². The molecule has 0 spiro atoms. The zero-order chi connectivity index (χ0) is 21.5. The molecule has 2 aliphatic rings. The van der Waals surface area contributed by atoms with Crippen LogP contribution in [0.25, 0.3) is 11.3 Å². The first-order valence-corrected chi connectivity index (χ1v) is 10.8. The molecule has 1 fully saturated rings. The number of piperidine rings is 1. The van der Waals surface area contributed by atoms with Gasteiger partial charge in [-0.05, 0) is 62.6 Å². The summed E-state index contributed by atoms with van der Waals surface area (Å²) in [6, 6.07) is 15.0. The van der Waals surface area contributed by atoms with E-state index in [1.165, 1.54) is 0 Å². The Kier molecular flexibility index (Phi) is 4.88. The van der Waals surface area contributed by atoms with E-state index in [0.29, 0.717) is 31.2 Å². The number of rotatable bonds is 4. The second-order valence-electron chi connectivity index (χ2n) is 8.77. The summed E-state index contributed by atoms with van der Waals surface area (Å²) in [7, 11) is 0. The van der Waals surface area contributed by atoms with Gasteiger partial charge in [-0.15, -0.1) is 0 Å². The van der Waals surface area contributed by atoms with E-state index >= 15 is 0 Å². The Bertz CT molecular complexity index is 1160. The molecule has 7 nitrogen and oxygen atoms in total. The number of carbonyl (C=O) groups is 1. The van der Waals surface area contributed by atoms with Crippen molar-refractivity contribution in [1.29, 1.82) is 0 Å². The van der Waals surface area contributed by atoms with Crippen molar-refractivity contribution in [1.82, 2.24) is 19.7 Å². The normalized spacial score (nSPS) is 19.9. The molecule has 0 aliphatic carbocycles. The Morgan fingerprint density at radius 3 is 2.71 bits per heavy atom. The van der Waals surface area contributed by atoms with Crippen molar-refractivity contribution in [3.05, 3.63) is 70.3 Å². The lowest BCUT2D eigenvalue weighted by Crippen LogP contribution is -2.49. The molecule has 1 N–H and O–H groups in total. The van der Waals surface area contributed by atoms with Crippen molar-refractivity contribution >= 4 is 5.91 Å². The lowest BCUT2D eigenvalue weighted by Gasteiger charge is -2.42. The van der Waals surface area contributed by atoms with E-state index in [4.69, 9.17) is 4.74 Å². The Balaban J connectivity index is 1.33. The third kappa shape index (κ3) is 3.76. The Morgan fingerprint density at radius 1 is 1.13 bits per heavy atom. The molecule has 0 unspecified atom stereocenters. The van der Waals surface area contributed by atoms with Gasteiger partial charge in [0.05, 0.1) is 11.8 Å². The quantitative estimate of drug-likeness (QED) is 0.705. The number of aromatic amines is 1. The van der Waals surface area contributed by atoms with Crippen molar-refractivity contribution in [3.8, 4) is 17.0 Å². The van der Waals surface area contributed by atoms with Crippen LogP contribution in [-0.4, -0.2) is 44.8 Å². The summed E-state index contributed by atoms with van der Waals surface area (Å²) in [5.74, 6) is 1.26. The van der Waals surface area contributed by atoms with Crippen LogP contribution in [0.5, 0.6) is 5.75 Å². The van der Waals surface area contributed by atoms with Crippen molar-refractivity contribution in [3.63, 3.8) is 0 Å². The molecular formula is C24H26N4O3. The Labute approximate surface area is 180 Å². The maximum Gasteiger partial charge on any atom is 0.271 e. The molecule has 3 aromatic rings. The predicted molar refractivity (Wildman–Crippen MR) is 117 cm³/mol. The molecule has 2 aliphatic heterocycles. The molecule has 1 amide bonds. The van der Waals surface area contributed by atoms with Crippen LogP contribution in [0.4, 0.5) is 0 Å². The van der Waals surface area contributed by atoms with Gasteiger partial charge in [-0.25, -0.2) is 0 Å². The van der Waals surface area contributed by atoms with Crippen LogP contribution in [0.3, 0.4) is 0 Å². The lowest BCUT2D eigenvalue weighted by atomic mass is 9.83. The number of nitrogens with one attached hydrogen (secondary N) is 1. The maximum absolute atomic E-state index is 13.2. The number of hydrogen-bond donors (Lipinski definition) is 1. The standard InChI is InChI=1S/C24H26N4O3/c1-15(2)31-19-8-6-17(7-9-19)20-11-21(26-25-20)24(30)27-12-16-10-18(14-27)22-4-3-5-23(29)28(22)13-16/h3-9,11,15-16,18H,10,12-14H2,1-2H3,(H,25,26)/t16-,18+/m1/s1. The molecule has 5 rings (SSSR count). The van der Waals surface area contributed by atoms with Crippen molar-refractivity contribution in [2.24, 2.45) is 5.92 Å². The minimum absolute atomic E-state index is 0.0417. The zero-order valence-corrected chi connectivity index (χ0v) is 17.7. The van der Waals surface area contributed by atoms with Gasteiger partial charge < -0.3 is 14.2 Å². The highest BCUT2D eigenvalue weighted by molar-refractivity contribution is 5.93. The van der Waals surface area contributed by atoms with Crippen molar-refractivity contribution in [2.75, 3.05) is 13.1 Å². The van der Waals surface area contributed by atoms with Crippen molar-refractivity contribution in [2.45, 2.75) is 38.8 Å². The Hall–Kier alpha value is -3.35. The minimum Gasteiger partial charge on any atom is -0.491 e. The molecule has 0 radical (unpaired) electrons. The van der Waals surface area contributed by atoms with Gasteiger partial charge in [0.1, 0.15) is 11.4 Å². The van der Waals surface area contributed by atoms with E-state index in [2.05, 4.69) is 10.2 Å². The third-order valence-corrected chi connectivity index (χ3v) is 6.10.